The lowest BCUT2D eigenvalue weighted by molar-refractivity contribution is -0.114. The van der Waals surface area contributed by atoms with Crippen LogP contribution < -0.4 is 5.32 Å². The number of nitrogens with one attached hydrogen (secondary N) is 1. The van der Waals surface area contributed by atoms with Crippen LogP contribution in [0.1, 0.15) is 28.5 Å². The number of ether oxygens (including phenoxy) is 1. The Kier molecular flexibility index (Phi) is 4.47. The van der Waals surface area contributed by atoms with Gasteiger partial charge in [0.25, 0.3) is 0 Å². The summed E-state index contributed by atoms with van der Waals surface area (Å²) in [6.07, 6.45) is 0. The number of carbonyl (C=O) groups excluding carboxylic acids is 2. The zero-order valence-electron chi connectivity index (χ0n) is 11.2. The second-order valence-electron chi connectivity index (χ2n) is 4.27. The highest BCUT2D eigenvalue weighted by molar-refractivity contribution is 7.13. The fourth-order valence-corrected chi connectivity index (χ4v) is 2.32. The molecule has 0 aliphatic carbocycles. The minimum atomic E-state index is -0.386. The summed E-state index contributed by atoms with van der Waals surface area (Å²) in [4.78, 5) is 26.9. The SMILES string of the molecule is CC(=O)Nc1nc(COC(=O)c2cccc(C)c2)cs1. The Morgan fingerprint density at radius 3 is 2.90 bits per heavy atom. The van der Waals surface area contributed by atoms with E-state index in [0.717, 1.165) is 5.56 Å². The molecule has 104 valence electrons. The zero-order valence-corrected chi connectivity index (χ0v) is 12.0. The van der Waals surface area contributed by atoms with E-state index in [1.807, 2.05) is 19.1 Å². The van der Waals surface area contributed by atoms with Gasteiger partial charge in [-0.05, 0) is 19.1 Å². The average Bonchev–Trinajstić information content (AvgIpc) is 2.82. The Morgan fingerprint density at radius 1 is 1.40 bits per heavy atom. The van der Waals surface area contributed by atoms with Crippen LogP contribution in [0.25, 0.3) is 0 Å². The minimum absolute atomic E-state index is 0.0862. The van der Waals surface area contributed by atoms with Crippen LogP contribution in [0.2, 0.25) is 0 Å². The van der Waals surface area contributed by atoms with Gasteiger partial charge in [-0.1, -0.05) is 17.7 Å². The number of thiazole rings is 1. The molecule has 0 atom stereocenters. The predicted molar refractivity (Wildman–Crippen MR) is 76.7 cm³/mol. The van der Waals surface area contributed by atoms with E-state index in [1.165, 1.54) is 18.3 Å². The number of aryl methyl sites for hydroxylation is 1. The van der Waals surface area contributed by atoms with Crippen molar-refractivity contribution in [1.82, 2.24) is 4.98 Å². The molecule has 1 N–H and O–H groups in total. The van der Waals surface area contributed by atoms with Crippen LogP contribution in [-0.4, -0.2) is 16.9 Å². The molecule has 0 spiro atoms. The quantitative estimate of drug-likeness (QED) is 0.879. The van der Waals surface area contributed by atoms with Crippen molar-refractivity contribution in [3.8, 4) is 0 Å². The average molecular weight is 290 g/mol. The molecule has 0 unspecified atom stereocenters. The van der Waals surface area contributed by atoms with Crippen molar-refractivity contribution in [1.29, 1.82) is 0 Å². The van der Waals surface area contributed by atoms with Crippen LogP contribution in [0.5, 0.6) is 0 Å². The first-order valence-electron chi connectivity index (χ1n) is 6.00. The fourth-order valence-electron chi connectivity index (χ4n) is 1.58. The van der Waals surface area contributed by atoms with Crippen LogP contribution in [0.3, 0.4) is 0 Å². The molecule has 0 bridgehead atoms. The molecule has 5 nitrogen and oxygen atoms in total. The highest BCUT2D eigenvalue weighted by atomic mass is 32.1. The summed E-state index contributed by atoms with van der Waals surface area (Å²) in [5.41, 5.74) is 2.13. The summed E-state index contributed by atoms with van der Waals surface area (Å²) >= 11 is 1.29. The Balaban J connectivity index is 1.93. The van der Waals surface area contributed by atoms with E-state index in [4.69, 9.17) is 4.74 Å². The number of amides is 1. The number of nitrogens with zero attached hydrogens (tertiary/aromatic N) is 1. The first kappa shape index (κ1) is 14.2. The highest BCUT2D eigenvalue weighted by Gasteiger charge is 2.09. The molecular formula is C14H14N2O3S. The van der Waals surface area contributed by atoms with E-state index < -0.39 is 0 Å². The van der Waals surface area contributed by atoms with Crippen LogP contribution in [0, 0.1) is 6.92 Å². The second-order valence-corrected chi connectivity index (χ2v) is 5.13. The fraction of sp³-hybridized carbons (Fsp3) is 0.214. The molecule has 0 aliphatic rings. The topological polar surface area (TPSA) is 68.3 Å². The van der Waals surface area contributed by atoms with Gasteiger partial charge in [0.1, 0.15) is 6.61 Å². The molecule has 1 heterocycles. The third kappa shape index (κ3) is 3.89. The van der Waals surface area contributed by atoms with Gasteiger partial charge in [-0.2, -0.15) is 0 Å². The van der Waals surface area contributed by atoms with Crippen LogP contribution >= 0.6 is 11.3 Å². The molecule has 0 saturated heterocycles. The molecule has 0 radical (unpaired) electrons. The minimum Gasteiger partial charge on any atom is -0.456 e. The molecule has 6 heteroatoms. The third-order valence-electron chi connectivity index (χ3n) is 2.44. The Morgan fingerprint density at radius 2 is 2.20 bits per heavy atom. The molecule has 2 rings (SSSR count). The summed E-state index contributed by atoms with van der Waals surface area (Å²) in [6, 6.07) is 7.20. The molecule has 1 amide bonds. The number of rotatable bonds is 4. The summed E-state index contributed by atoms with van der Waals surface area (Å²) in [7, 11) is 0. The number of benzene rings is 1. The van der Waals surface area contributed by atoms with Crippen molar-refractivity contribution < 1.29 is 14.3 Å². The maximum atomic E-state index is 11.8. The molecule has 20 heavy (non-hydrogen) atoms. The smallest absolute Gasteiger partial charge is 0.338 e. The van der Waals surface area contributed by atoms with E-state index in [0.29, 0.717) is 16.4 Å². The van der Waals surface area contributed by atoms with Gasteiger partial charge in [-0.15, -0.1) is 11.3 Å². The molecule has 0 saturated carbocycles. The van der Waals surface area contributed by atoms with Crippen molar-refractivity contribution in [3.63, 3.8) is 0 Å². The lowest BCUT2D eigenvalue weighted by Crippen LogP contribution is -2.07. The van der Waals surface area contributed by atoms with E-state index in [1.54, 1.807) is 17.5 Å². The van der Waals surface area contributed by atoms with Gasteiger partial charge in [-0.25, -0.2) is 9.78 Å². The summed E-state index contributed by atoms with van der Waals surface area (Å²) in [5.74, 6) is -0.564. The number of esters is 1. The van der Waals surface area contributed by atoms with Gasteiger partial charge in [0.15, 0.2) is 5.13 Å². The maximum Gasteiger partial charge on any atom is 0.338 e. The Labute approximate surface area is 120 Å². The Bertz CT molecular complexity index is 637. The van der Waals surface area contributed by atoms with Gasteiger partial charge < -0.3 is 10.1 Å². The van der Waals surface area contributed by atoms with Crippen LogP contribution in [0.15, 0.2) is 29.6 Å². The van der Waals surface area contributed by atoms with Crippen LogP contribution in [-0.2, 0) is 16.1 Å². The van der Waals surface area contributed by atoms with Gasteiger partial charge in [0, 0.05) is 12.3 Å². The molecule has 0 aliphatic heterocycles. The third-order valence-corrected chi connectivity index (χ3v) is 3.25. The van der Waals surface area contributed by atoms with Gasteiger partial charge in [-0.3, -0.25) is 4.79 Å². The largest absolute Gasteiger partial charge is 0.456 e. The first-order valence-corrected chi connectivity index (χ1v) is 6.88. The summed E-state index contributed by atoms with van der Waals surface area (Å²) < 4.78 is 5.18. The molecule has 2 aromatic rings. The molecule has 0 fully saturated rings. The molecule has 1 aromatic heterocycles. The van der Waals surface area contributed by atoms with E-state index in [-0.39, 0.29) is 18.5 Å². The predicted octanol–water partition coefficient (Wildman–Crippen LogP) is 2.77. The second kappa shape index (κ2) is 6.29. The van der Waals surface area contributed by atoms with Gasteiger partial charge in [0.05, 0.1) is 11.3 Å². The van der Waals surface area contributed by atoms with E-state index in [2.05, 4.69) is 10.3 Å². The number of hydrogen-bond acceptors (Lipinski definition) is 5. The number of carbonyl (C=O) groups is 2. The lowest BCUT2D eigenvalue weighted by atomic mass is 10.1. The van der Waals surface area contributed by atoms with Crippen molar-refractivity contribution in [2.24, 2.45) is 0 Å². The van der Waals surface area contributed by atoms with Crippen molar-refractivity contribution in [2.75, 3.05) is 5.32 Å². The van der Waals surface area contributed by atoms with Crippen molar-refractivity contribution >= 4 is 28.3 Å². The van der Waals surface area contributed by atoms with Crippen molar-refractivity contribution in [2.45, 2.75) is 20.5 Å². The summed E-state index contributed by atoms with van der Waals surface area (Å²) in [5, 5.41) is 4.82. The lowest BCUT2D eigenvalue weighted by Gasteiger charge is -2.03. The zero-order chi connectivity index (χ0) is 14.5. The number of aromatic nitrogens is 1. The normalized spacial score (nSPS) is 10.1. The van der Waals surface area contributed by atoms with Crippen molar-refractivity contribution in [3.05, 3.63) is 46.5 Å². The standard InChI is InChI=1S/C14H14N2O3S/c1-9-4-3-5-11(6-9)13(18)19-7-12-8-20-14(16-12)15-10(2)17/h3-6,8H,7H2,1-2H3,(H,15,16,17). The molecular weight excluding hydrogens is 276 g/mol. The van der Waals surface area contributed by atoms with Crippen LogP contribution in [0.4, 0.5) is 5.13 Å². The monoisotopic (exact) mass is 290 g/mol. The van der Waals surface area contributed by atoms with E-state index in [9.17, 15) is 9.59 Å². The maximum absolute atomic E-state index is 11.8. The first-order chi connectivity index (χ1) is 9.54. The highest BCUT2D eigenvalue weighted by Crippen LogP contribution is 2.16. The number of hydrogen-bond donors (Lipinski definition) is 1. The summed E-state index contributed by atoms with van der Waals surface area (Å²) in [6.45, 7) is 3.42. The van der Waals surface area contributed by atoms with E-state index >= 15 is 0 Å². The van der Waals surface area contributed by atoms with Gasteiger partial charge >= 0.3 is 5.97 Å². The number of anilines is 1. The van der Waals surface area contributed by atoms with Gasteiger partial charge in [0.2, 0.25) is 5.91 Å². The molecule has 1 aromatic carbocycles. The Hall–Kier alpha value is -2.21.